The van der Waals surface area contributed by atoms with Crippen LogP contribution in [-0.4, -0.2) is 55.8 Å². The predicted octanol–water partition coefficient (Wildman–Crippen LogP) is 3.22. The fraction of sp³-hybridized carbons (Fsp3) is 0.385. The van der Waals surface area contributed by atoms with E-state index in [0.29, 0.717) is 43.6 Å². The molecule has 0 aliphatic carbocycles. The fourth-order valence-electron chi connectivity index (χ4n) is 5.23. The van der Waals surface area contributed by atoms with Crippen LogP contribution in [-0.2, 0) is 35.4 Å². The summed E-state index contributed by atoms with van der Waals surface area (Å²) < 4.78 is 1.51. The average molecular weight is 522 g/mol. The van der Waals surface area contributed by atoms with Crippen LogP contribution in [0, 0.1) is 0 Å². The molecule has 4 aromatic heterocycles. The molecule has 0 aromatic carbocycles. The molecular formula is C26H27N5O3S2. The maximum atomic E-state index is 13.4. The number of H-pyrrole nitrogens is 1. The predicted molar refractivity (Wildman–Crippen MR) is 140 cm³/mol. The second-order valence-electron chi connectivity index (χ2n) is 9.50. The normalized spacial score (nSPS) is 17.9. The lowest BCUT2D eigenvalue weighted by Crippen LogP contribution is -2.41. The van der Waals surface area contributed by atoms with E-state index in [0.717, 1.165) is 40.5 Å². The van der Waals surface area contributed by atoms with Gasteiger partial charge < -0.3 is 9.80 Å². The molecule has 186 valence electrons. The Hall–Kier alpha value is -3.24. The van der Waals surface area contributed by atoms with E-state index in [1.165, 1.54) is 4.52 Å². The number of fused-ring (bicyclic) bond motifs is 2. The van der Waals surface area contributed by atoms with Crippen molar-refractivity contribution in [2.45, 2.75) is 44.6 Å². The number of thiophene rings is 2. The van der Waals surface area contributed by atoms with Gasteiger partial charge in [0.25, 0.3) is 5.56 Å². The van der Waals surface area contributed by atoms with Crippen molar-refractivity contribution in [2.24, 2.45) is 0 Å². The molecule has 6 heterocycles. The Kier molecular flexibility index (Phi) is 6.22. The summed E-state index contributed by atoms with van der Waals surface area (Å²) in [5.74, 6) is 0.318. The number of nitrogens with one attached hydrogen (secondary N) is 1. The van der Waals surface area contributed by atoms with Crippen LogP contribution in [0.25, 0.3) is 5.65 Å². The Labute approximate surface area is 216 Å². The van der Waals surface area contributed by atoms with Crippen molar-refractivity contribution in [3.63, 3.8) is 0 Å². The summed E-state index contributed by atoms with van der Waals surface area (Å²) in [4.78, 5) is 49.7. The van der Waals surface area contributed by atoms with Crippen molar-refractivity contribution in [2.75, 3.05) is 19.6 Å². The van der Waals surface area contributed by atoms with Crippen LogP contribution in [0.5, 0.6) is 0 Å². The molecule has 2 aliphatic rings. The van der Waals surface area contributed by atoms with Gasteiger partial charge in [-0.1, -0.05) is 12.1 Å². The van der Waals surface area contributed by atoms with Crippen molar-refractivity contribution < 1.29 is 9.59 Å². The lowest BCUT2D eigenvalue weighted by molar-refractivity contribution is -0.132. The molecule has 2 amide bonds. The minimum atomic E-state index is -0.142. The summed E-state index contributed by atoms with van der Waals surface area (Å²) in [5, 5.41) is 7.24. The van der Waals surface area contributed by atoms with Crippen LogP contribution in [0.1, 0.15) is 45.5 Å². The van der Waals surface area contributed by atoms with Gasteiger partial charge in [-0.3, -0.25) is 19.5 Å². The third-order valence-electron chi connectivity index (χ3n) is 7.16. The van der Waals surface area contributed by atoms with E-state index in [-0.39, 0.29) is 29.8 Å². The first-order valence-corrected chi connectivity index (χ1v) is 14.0. The maximum absolute atomic E-state index is 13.4. The van der Waals surface area contributed by atoms with E-state index in [4.69, 9.17) is 4.98 Å². The van der Waals surface area contributed by atoms with E-state index in [9.17, 15) is 14.4 Å². The number of piperidine rings is 1. The number of amides is 2. The van der Waals surface area contributed by atoms with E-state index in [1.807, 2.05) is 46.0 Å². The highest BCUT2D eigenvalue weighted by Gasteiger charge is 2.29. The van der Waals surface area contributed by atoms with Crippen molar-refractivity contribution in [1.29, 1.82) is 0 Å². The largest absolute Gasteiger partial charge is 0.342 e. The summed E-state index contributed by atoms with van der Waals surface area (Å²) in [6.45, 7) is 2.26. The standard InChI is InChI=1S/C26H27N5O3S2/c32-24(12-18-5-2-10-35-18)29-8-1-4-17(15-29)22-14-23-27-21-7-9-30(16-20(21)26(34)31(23)28-22)25(33)13-19-6-3-11-36-19/h2-3,5-6,10-11,14,17,28H,1,4,7-9,12-13,15-16H2. The van der Waals surface area contributed by atoms with E-state index >= 15 is 0 Å². The highest BCUT2D eigenvalue weighted by atomic mass is 32.1. The smallest absolute Gasteiger partial charge is 0.277 e. The number of hydrogen-bond donors (Lipinski definition) is 1. The minimum Gasteiger partial charge on any atom is -0.342 e. The van der Waals surface area contributed by atoms with Gasteiger partial charge in [0.1, 0.15) is 0 Å². The third-order valence-corrected chi connectivity index (χ3v) is 8.91. The van der Waals surface area contributed by atoms with Gasteiger partial charge in [-0.15, -0.1) is 22.7 Å². The van der Waals surface area contributed by atoms with Gasteiger partial charge in [0.2, 0.25) is 11.8 Å². The number of aromatic amines is 1. The number of aromatic nitrogens is 3. The zero-order valence-electron chi connectivity index (χ0n) is 19.8. The first kappa shape index (κ1) is 23.2. The molecule has 1 unspecified atom stereocenters. The van der Waals surface area contributed by atoms with E-state index < -0.39 is 0 Å². The molecule has 0 saturated carbocycles. The van der Waals surface area contributed by atoms with Crippen LogP contribution in [0.15, 0.2) is 45.9 Å². The number of nitrogens with zero attached hydrogens (tertiary/aromatic N) is 4. The minimum absolute atomic E-state index is 0.0364. The Morgan fingerprint density at radius 1 is 1.03 bits per heavy atom. The summed E-state index contributed by atoms with van der Waals surface area (Å²) in [7, 11) is 0. The molecule has 2 aliphatic heterocycles. The average Bonchev–Trinajstić information content (AvgIpc) is 3.67. The Bertz CT molecular complexity index is 1450. The summed E-state index contributed by atoms with van der Waals surface area (Å²) >= 11 is 3.18. The maximum Gasteiger partial charge on any atom is 0.277 e. The zero-order chi connectivity index (χ0) is 24.6. The zero-order valence-corrected chi connectivity index (χ0v) is 21.4. The molecule has 6 rings (SSSR count). The highest BCUT2D eigenvalue weighted by molar-refractivity contribution is 7.10. The van der Waals surface area contributed by atoms with Gasteiger partial charge in [0.15, 0.2) is 5.65 Å². The van der Waals surface area contributed by atoms with Crippen LogP contribution < -0.4 is 5.56 Å². The molecule has 36 heavy (non-hydrogen) atoms. The Morgan fingerprint density at radius 3 is 2.44 bits per heavy atom. The van der Waals surface area contributed by atoms with Crippen LogP contribution in [0.3, 0.4) is 0 Å². The number of carbonyl (C=O) groups is 2. The number of rotatable bonds is 5. The monoisotopic (exact) mass is 521 g/mol. The molecule has 8 nitrogen and oxygen atoms in total. The van der Waals surface area contributed by atoms with Crippen molar-refractivity contribution in [1.82, 2.24) is 24.4 Å². The van der Waals surface area contributed by atoms with Gasteiger partial charge in [-0.05, 0) is 35.7 Å². The SMILES string of the molecule is O=C(Cc1cccs1)N1CCc2nc3cc(C4CCCN(C(=O)Cc5cccs5)C4)[nH]n3c(=O)c2C1. The quantitative estimate of drug-likeness (QED) is 0.437. The molecule has 10 heteroatoms. The Balaban J connectivity index is 1.20. The molecule has 0 spiro atoms. The summed E-state index contributed by atoms with van der Waals surface area (Å²) in [6, 6.07) is 9.83. The van der Waals surface area contributed by atoms with E-state index in [1.54, 1.807) is 27.6 Å². The fourth-order valence-corrected chi connectivity index (χ4v) is 6.62. The summed E-state index contributed by atoms with van der Waals surface area (Å²) in [5.41, 5.74) is 2.76. The topological polar surface area (TPSA) is 90.8 Å². The van der Waals surface area contributed by atoms with Crippen molar-refractivity contribution >= 4 is 40.1 Å². The van der Waals surface area contributed by atoms with Crippen LogP contribution in [0.4, 0.5) is 0 Å². The van der Waals surface area contributed by atoms with Crippen molar-refractivity contribution in [3.05, 3.63) is 78.2 Å². The molecule has 1 N–H and O–H groups in total. The first-order chi connectivity index (χ1) is 17.5. The van der Waals surface area contributed by atoms with Crippen molar-refractivity contribution in [3.8, 4) is 0 Å². The molecule has 4 aromatic rings. The second-order valence-corrected chi connectivity index (χ2v) is 11.6. The molecule has 1 fully saturated rings. The molecule has 0 radical (unpaired) electrons. The van der Waals surface area contributed by atoms with Gasteiger partial charge in [0.05, 0.1) is 30.6 Å². The first-order valence-electron chi connectivity index (χ1n) is 12.3. The highest BCUT2D eigenvalue weighted by Crippen LogP contribution is 2.28. The van der Waals surface area contributed by atoms with Crippen LogP contribution >= 0.6 is 22.7 Å². The second kappa shape index (κ2) is 9.67. The molecule has 1 atom stereocenters. The number of hydrogen-bond acceptors (Lipinski definition) is 6. The van der Waals surface area contributed by atoms with Crippen LogP contribution in [0.2, 0.25) is 0 Å². The Morgan fingerprint density at radius 2 is 1.75 bits per heavy atom. The van der Waals surface area contributed by atoms with Gasteiger partial charge in [0, 0.05) is 53.5 Å². The molecule has 0 bridgehead atoms. The summed E-state index contributed by atoms with van der Waals surface area (Å²) in [6.07, 6.45) is 3.25. The van der Waals surface area contributed by atoms with Gasteiger partial charge in [-0.25, -0.2) is 9.50 Å². The molecular weight excluding hydrogens is 494 g/mol. The van der Waals surface area contributed by atoms with Gasteiger partial charge in [-0.2, -0.15) is 0 Å². The lowest BCUT2D eigenvalue weighted by atomic mass is 9.94. The number of likely N-dealkylation sites (tertiary alicyclic amines) is 1. The number of carbonyl (C=O) groups excluding carboxylic acids is 2. The van der Waals surface area contributed by atoms with E-state index in [2.05, 4.69) is 5.10 Å². The third kappa shape index (κ3) is 4.51. The lowest BCUT2D eigenvalue weighted by Gasteiger charge is -2.32. The van der Waals surface area contributed by atoms with Gasteiger partial charge >= 0.3 is 0 Å². The molecule has 1 saturated heterocycles.